The van der Waals surface area contributed by atoms with E-state index < -0.39 is 0 Å². The Morgan fingerprint density at radius 2 is 0.677 bits per heavy atom. The van der Waals surface area contributed by atoms with Crippen LogP contribution in [0.25, 0.3) is 75.9 Å². The van der Waals surface area contributed by atoms with Gasteiger partial charge in [-0.3, -0.25) is 0 Å². The molecule has 93 heavy (non-hydrogen) atoms. The molecule has 0 saturated carbocycles. The van der Waals surface area contributed by atoms with Crippen molar-refractivity contribution in [3.63, 3.8) is 0 Å². The summed E-state index contributed by atoms with van der Waals surface area (Å²) in [6, 6.07) is 49.6. The topological polar surface area (TPSA) is 75.9 Å². The first-order valence-electron chi connectivity index (χ1n) is 30.6. The zero-order chi connectivity index (χ0) is 66.5. The van der Waals surface area contributed by atoms with E-state index in [-0.39, 0.29) is 89.5 Å². The van der Waals surface area contributed by atoms with E-state index >= 15 is 0 Å². The van der Waals surface area contributed by atoms with Gasteiger partial charge in [0.1, 0.15) is 11.1 Å². The zero-order valence-corrected chi connectivity index (χ0v) is 63.1. The molecule has 8 aromatic carbocycles. The average Bonchev–Trinajstić information content (AvgIpc) is 1.59. The van der Waals surface area contributed by atoms with Gasteiger partial charge in [-0.15, -0.1) is 46.9 Å². The second kappa shape index (κ2) is 28.6. The summed E-state index contributed by atoms with van der Waals surface area (Å²) >= 11 is 43.8. The number of aromatic hydroxyl groups is 4. The monoisotopic (exact) mass is 1470 g/mol. The van der Waals surface area contributed by atoms with Crippen LogP contribution in [0.1, 0.15) is 129 Å². The molecule has 0 aliphatic rings. The van der Waals surface area contributed by atoms with Crippen LogP contribution in [0.4, 0.5) is 0 Å². The SMILES string of the molecule is CC(C)(C)c1ccc2c(c1)c1cc(C(C)(C)C)ccc1n2-c1csc(-c2c([OH+]CCCC[OH+]c3cc(Cl)c(Cl)c(Cl)c3-c3scc(-n4c5ccc(C(C)(C)C)cc5c5cc(C(C)(C)C)ccc54)c3O)cc(Cl)c(Cl)c2Cl)c1O.[CH2-]c1ccccc1.[CH2-]c1ccccc1.[Zr]. The third-order valence-electron chi connectivity index (χ3n) is 16.5. The van der Waals surface area contributed by atoms with Crippen molar-refractivity contribution in [3.05, 3.63) is 234 Å². The van der Waals surface area contributed by atoms with Crippen molar-refractivity contribution in [2.24, 2.45) is 0 Å². The van der Waals surface area contributed by atoms with Crippen LogP contribution in [0, 0.1) is 13.8 Å². The Morgan fingerprint density at radius 3 is 0.925 bits per heavy atom. The normalized spacial score (nSPS) is 12.0. The summed E-state index contributed by atoms with van der Waals surface area (Å²) in [5.41, 5.74) is 13.0. The number of rotatable bonds is 11. The second-order valence-electron chi connectivity index (χ2n) is 27.4. The number of thiophene rings is 2. The van der Waals surface area contributed by atoms with Gasteiger partial charge in [-0.05, 0) is 92.4 Å². The van der Waals surface area contributed by atoms with E-state index in [1.165, 1.54) is 44.9 Å². The van der Waals surface area contributed by atoms with E-state index in [0.29, 0.717) is 69.8 Å². The molecule has 0 saturated heterocycles. The first-order valence-corrected chi connectivity index (χ1v) is 34.6. The summed E-state index contributed by atoms with van der Waals surface area (Å²) in [6.07, 6.45) is 1.27. The summed E-state index contributed by atoms with van der Waals surface area (Å²) in [5.74, 6) is 1.15. The molecule has 0 spiro atoms. The van der Waals surface area contributed by atoms with Crippen LogP contribution >= 0.6 is 92.3 Å². The van der Waals surface area contributed by atoms with Crippen molar-refractivity contribution in [3.8, 4) is 55.3 Å². The van der Waals surface area contributed by atoms with Gasteiger partial charge in [0.2, 0.25) is 0 Å². The number of ether oxygens (including phenoxy) is 2. The van der Waals surface area contributed by atoms with Gasteiger partial charge in [0.25, 0.3) is 11.5 Å². The molecule has 15 heteroatoms. The number of unbranched alkanes of at least 4 members (excludes halogenated alkanes) is 1. The Kier molecular flexibility index (Phi) is 22.0. The molecule has 0 unspecified atom stereocenters. The molecular weight excluding hydrogens is 1400 g/mol. The predicted octanol–water partition coefficient (Wildman–Crippen LogP) is 25.6. The maximum atomic E-state index is 12.3. The van der Waals surface area contributed by atoms with Crippen LogP contribution in [0.5, 0.6) is 23.0 Å². The number of hydrogen-bond acceptors (Lipinski definition) is 4. The third-order valence-corrected chi connectivity index (χ3v) is 21.0. The van der Waals surface area contributed by atoms with E-state index in [2.05, 4.69) is 179 Å². The fourth-order valence-corrected chi connectivity index (χ4v) is 14.7. The van der Waals surface area contributed by atoms with Gasteiger partial charge >= 0.3 is 0 Å². The van der Waals surface area contributed by atoms with E-state index in [1.54, 1.807) is 12.1 Å². The molecule has 0 aliphatic carbocycles. The summed E-state index contributed by atoms with van der Waals surface area (Å²) in [7, 11) is 0. The van der Waals surface area contributed by atoms with Crippen LogP contribution < -0.4 is 0 Å². The van der Waals surface area contributed by atoms with E-state index in [4.69, 9.17) is 79.1 Å². The van der Waals surface area contributed by atoms with Crippen LogP contribution in [0.3, 0.4) is 0 Å². The van der Waals surface area contributed by atoms with Crippen LogP contribution in [-0.4, -0.2) is 42.0 Å². The van der Waals surface area contributed by atoms with Gasteiger partial charge in [-0.1, -0.05) is 189 Å². The minimum Gasteiger partial charge on any atom is -0.582 e. The smallest absolute Gasteiger partial charge is 0.266 e. The van der Waals surface area contributed by atoms with Crippen molar-refractivity contribution in [1.82, 2.24) is 9.13 Å². The molecule has 4 heterocycles. The van der Waals surface area contributed by atoms with Crippen molar-refractivity contribution in [2.75, 3.05) is 13.2 Å². The number of halogens is 6. The van der Waals surface area contributed by atoms with E-state index in [9.17, 15) is 10.2 Å². The van der Waals surface area contributed by atoms with Gasteiger partial charge in [-0.25, -0.2) is 0 Å². The van der Waals surface area contributed by atoms with Crippen molar-refractivity contribution >= 4 is 136 Å². The van der Waals surface area contributed by atoms with Crippen molar-refractivity contribution < 1.29 is 45.9 Å². The molecule has 0 radical (unpaired) electrons. The second-order valence-corrected chi connectivity index (χ2v) is 31.5. The summed E-state index contributed by atoms with van der Waals surface area (Å²) < 4.78 is 14.3. The number of benzene rings is 8. The van der Waals surface area contributed by atoms with Crippen molar-refractivity contribution in [2.45, 2.75) is 118 Å². The molecule has 0 aliphatic heterocycles. The Morgan fingerprint density at radius 1 is 0.398 bits per heavy atom. The minimum absolute atomic E-state index is 0. The number of aliphatic hydroxyl groups is 2. The Bertz CT molecular complexity index is 4260. The zero-order valence-electron chi connectivity index (χ0n) is 54.5. The fourth-order valence-electron chi connectivity index (χ4n) is 11.2. The maximum absolute atomic E-state index is 12.3. The standard InChI is InChI=1S/C64H62Cl6N2O4S2.2C7H7.Zr/c1-61(2,3)33-15-19-43-37(25-33)38-26-34(62(4,5)6)16-20-44(38)71(43)47-31-77-59(57(47)73)51-49(29-41(65)53(67)55(51)69)75-23-13-14-24-76-50-30-42(66)54(68)56(70)52(50)60-58(74)48(32-78-60)72-45-21-17-35(63(7,8)9)27-39(45)40-28-36(64(10,11)12)18-22-46(40)72;2*1-7-5-3-2-4-6-7;/h15-22,25-32,73-74H,13-14,23-24H2,1-12H3;2*2-6H,1H2;/q;2*-1;/p+2. The molecule has 12 aromatic rings. The molecule has 0 atom stereocenters. The van der Waals surface area contributed by atoms with E-state index in [0.717, 1.165) is 54.7 Å². The number of nitrogens with zero attached hydrogens (tertiary/aromatic N) is 2. The number of aromatic nitrogens is 2. The Labute approximate surface area is 605 Å². The number of fused-ring (bicyclic) bond motifs is 6. The number of hydrogen-bond donors (Lipinski definition) is 2. The van der Waals surface area contributed by atoms with Crippen LogP contribution in [0.15, 0.2) is 156 Å². The summed E-state index contributed by atoms with van der Waals surface area (Å²) in [6.45, 7) is 34.9. The Hall–Kier alpha value is -5.68. The van der Waals surface area contributed by atoms with Gasteiger partial charge in [0.05, 0.1) is 85.5 Å². The molecule has 0 fully saturated rings. The van der Waals surface area contributed by atoms with Gasteiger partial charge in [0.15, 0.2) is 24.7 Å². The molecule has 0 amide bonds. The third kappa shape index (κ3) is 15.1. The molecule has 6 nitrogen and oxygen atoms in total. The molecule has 482 valence electrons. The predicted molar refractivity (Wildman–Crippen MR) is 400 cm³/mol. The van der Waals surface area contributed by atoms with Crippen LogP contribution in [-0.2, 0) is 47.9 Å². The molecule has 4 N–H and O–H groups in total. The quantitative estimate of drug-likeness (QED) is 0.0586. The molecule has 0 bridgehead atoms. The average molecular weight is 1480 g/mol. The summed E-state index contributed by atoms with van der Waals surface area (Å²) in [4.78, 5) is 1.06. The van der Waals surface area contributed by atoms with Crippen molar-refractivity contribution in [1.29, 1.82) is 0 Å². The minimum atomic E-state index is -0.0594. The maximum Gasteiger partial charge on any atom is 0.266 e. The molecule has 12 rings (SSSR count). The van der Waals surface area contributed by atoms with Gasteiger partial charge in [-0.2, -0.15) is 49.2 Å². The fraction of sp³-hybridized carbons (Fsp3) is 0.256. The molecule has 4 aromatic heterocycles. The van der Waals surface area contributed by atoms with Gasteiger partial charge < -0.3 is 28.8 Å². The molecular formula is C78H78Cl6N2O4S2Zr. The van der Waals surface area contributed by atoms with Crippen LogP contribution in [0.2, 0.25) is 30.1 Å². The van der Waals surface area contributed by atoms with Gasteiger partial charge in [0, 0.05) is 71.4 Å². The summed E-state index contributed by atoms with van der Waals surface area (Å²) in [5, 5.41) is 34.3. The Balaban J connectivity index is 0.000000602. The largest absolute Gasteiger partial charge is 0.582 e. The first kappa shape index (κ1) is 71.6. The van der Waals surface area contributed by atoms with E-state index in [1.807, 2.05) is 71.4 Å². The first-order chi connectivity index (χ1) is 43.3.